The van der Waals surface area contributed by atoms with Crippen molar-refractivity contribution in [3.63, 3.8) is 0 Å². The van der Waals surface area contributed by atoms with E-state index in [2.05, 4.69) is 11.1 Å². The van der Waals surface area contributed by atoms with Crippen molar-refractivity contribution >= 4 is 44.9 Å². The topological polar surface area (TPSA) is 33.2 Å². The molecule has 0 saturated carbocycles. The van der Waals surface area contributed by atoms with Crippen molar-refractivity contribution in [1.29, 1.82) is 0 Å². The molecule has 0 N–H and O–H groups in total. The van der Waals surface area contributed by atoms with Crippen LogP contribution in [0.4, 0.5) is 5.69 Å². The van der Waals surface area contributed by atoms with E-state index in [4.69, 9.17) is 0 Å². The molecule has 3 rings (SSSR count). The lowest BCUT2D eigenvalue weighted by atomic mass is 10.2. The highest BCUT2D eigenvalue weighted by molar-refractivity contribution is 8.02. The second-order valence-corrected chi connectivity index (χ2v) is 7.74. The van der Waals surface area contributed by atoms with E-state index in [1.165, 1.54) is 11.8 Å². The monoisotopic (exact) mass is 342 g/mol. The molecule has 0 saturated heterocycles. The van der Waals surface area contributed by atoms with Crippen molar-refractivity contribution in [2.24, 2.45) is 0 Å². The van der Waals surface area contributed by atoms with Crippen LogP contribution < -0.4 is 4.90 Å². The summed E-state index contributed by atoms with van der Waals surface area (Å²) in [7, 11) is 0. The third-order valence-corrected chi connectivity index (χ3v) is 5.77. The number of hydrogen-bond donors (Lipinski definition) is 0. The number of para-hydroxylation sites is 2. The van der Waals surface area contributed by atoms with Crippen LogP contribution in [0.3, 0.4) is 0 Å². The maximum atomic E-state index is 12.8. The minimum atomic E-state index is -0.171. The van der Waals surface area contributed by atoms with E-state index in [9.17, 15) is 4.79 Å². The maximum Gasteiger partial charge on any atom is 0.240 e. The van der Waals surface area contributed by atoms with Crippen LogP contribution in [0.1, 0.15) is 13.8 Å². The van der Waals surface area contributed by atoms with E-state index < -0.39 is 0 Å². The third-order valence-electron chi connectivity index (χ3n) is 3.55. The van der Waals surface area contributed by atoms with Crippen LogP contribution in [0.2, 0.25) is 0 Å². The molecule has 1 heterocycles. The van der Waals surface area contributed by atoms with E-state index in [1.54, 1.807) is 11.3 Å². The summed E-state index contributed by atoms with van der Waals surface area (Å²) in [5, 5.41) is -0.171. The van der Waals surface area contributed by atoms with Crippen molar-refractivity contribution in [2.45, 2.75) is 23.4 Å². The van der Waals surface area contributed by atoms with E-state index >= 15 is 0 Å². The minimum Gasteiger partial charge on any atom is -0.312 e. The molecule has 3 aromatic rings. The predicted octanol–water partition coefficient (Wildman–Crippen LogP) is 4.83. The molecule has 0 spiro atoms. The van der Waals surface area contributed by atoms with Crippen molar-refractivity contribution < 1.29 is 4.79 Å². The van der Waals surface area contributed by atoms with Crippen molar-refractivity contribution in [1.82, 2.24) is 4.98 Å². The Hall–Kier alpha value is -1.85. The zero-order valence-corrected chi connectivity index (χ0v) is 14.7. The molecule has 0 radical (unpaired) electrons. The van der Waals surface area contributed by atoms with Gasteiger partial charge in [0.2, 0.25) is 5.91 Å². The Morgan fingerprint density at radius 2 is 1.87 bits per heavy atom. The minimum absolute atomic E-state index is 0.114. The zero-order valence-electron chi connectivity index (χ0n) is 13.1. The molecule has 0 aliphatic carbocycles. The Bertz CT molecular complexity index is 768. The molecule has 1 unspecified atom stereocenters. The molecule has 0 bridgehead atoms. The number of fused-ring (bicyclic) bond motifs is 1. The van der Waals surface area contributed by atoms with Crippen LogP contribution in [-0.2, 0) is 4.79 Å². The van der Waals surface area contributed by atoms with Gasteiger partial charge in [0, 0.05) is 12.2 Å². The van der Waals surface area contributed by atoms with Gasteiger partial charge in [-0.3, -0.25) is 4.79 Å². The first-order chi connectivity index (χ1) is 11.2. The van der Waals surface area contributed by atoms with Gasteiger partial charge >= 0.3 is 0 Å². The summed E-state index contributed by atoms with van der Waals surface area (Å²) in [6.45, 7) is 4.61. The number of thioether (sulfide) groups is 1. The fourth-order valence-corrected chi connectivity index (χ4v) is 4.67. The van der Waals surface area contributed by atoms with Gasteiger partial charge in [-0.25, -0.2) is 4.98 Å². The molecular weight excluding hydrogens is 324 g/mol. The van der Waals surface area contributed by atoms with Gasteiger partial charge in [0.25, 0.3) is 0 Å². The maximum absolute atomic E-state index is 12.8. The molecule has 23 heavy (non-hydrogen) atoms. The van der Waals surface area contributed by atoms with Gasteiger partial charge in [0.1, 0.15) is 0 Å². The summed E-state index contributed by atoms with van der Waals surface area (Å²) in [5.74, 6) is 0.114. The largest absolute Gasteiger partial charge is 0.312 e. The molecule has 1 aromatic heterocycles. The smallest absolute Gasteiger partial charge is 0.240 e. The van der Waals surface area contributed by atoms with E-state index in [1.807, 2.05) is 67.3 Å². The van der Waals surface area contributed by atoms with Crippen molar-refractivity contribution in [3.05, 3.63) is 54.6 Å². The summed E-state index contributed by atoms with van der Waals surface area (Å²) in [4.78, 5) is 19.2. The fourth-order valence-electron chi connectivity index (χ4n) is 2.40. The lowest BCUT2D eigenvalue weighted by Gasteiger charge is -2.23. The zero-order chi connectivity index (χ0) is 16.2. The van der Waals surface area contributed by atoms with Crippen LogP contribution in [0, 0.1) is 0 Å². The van der Waals surface area contributed by atoms with Gasteiger partial charge in [-0.15, -0.1) is 11.3 Å². The second-order valence-electron chi connectivity index (χ2n) is 5.13. The van der Waals surface area contributed by atoms with Crippen molar-refractivity contribution in [2.75, 3.05) is 11.4 Å². The highest BCUT2D eigenvalue weighted by atomic mass is 32.2. The molecule has 0 aliphatic rings. The average Bonchev–Trinajstić information content (AvgIpc) is 2.98. The van der Waals surface area contributed by atoms with Gasteiger partial charge in [0.15, 0.2) is 4.34 Å². The van der Waals surface area contributed by atoms with Crippen LogP contribution >= 0.6 is 23.1 Å². The highest BCUT2D eigenvalue weighted by Crippen LogP contribution is 2.33. The average molecular weight is 342 g/mol. The molecule has 5 heteroatoms. The Morgan fingerprint density at radius 1 is 1.17 bits per heavy atom. The summed E-state index contributed by atoms with van der Waals surface area (Å²) < 4.78 is 2.10. The Balaban J connectivity index is 1.76. The number of nitrogens with zero attached hydrogens (tertiary/aromatic N) is 2. The molecule has 0 fully saturated rings. The van der Waals surface area contributed by atoms with Gasteiger partial charge in [0.05, 0.1) is 15.5 Å². The fraction of sp³-hybridized carbons (Fsp3) is 0.222. The number of hydrogen-bond acceptors (Lipinski definition) is 4. The van der Waals surface area contributed by atoms with E-state index in [0.29, 0.717) is 6.54 Å². The normalized spacial score (nSPS) is 12.3. The van der Waals surface area contributed by atoms with E-state index in [-0.39, 0.29) is 11.2 Å². The summed E-state index contributed by atoms with van der Waals surface area (Å²) in [5.41, 5.74) is 1.94. The number of rotatable bonds is 5. The molecule has 2 aromatic carbocycles. The molecule has 1 atom stereocenters. The molecule has 1 amide bonds. The lowest BCUT2D eigenvalue weighted by Crippen LogP contribution is -2.36. The number of carbonyl (C=O) groups excluding carboxylic acids is 1. The van der Waals surface area contributed by atoms with E-state index in [0.717, 1.165) is 20.2 Å². The summed E-state index contributed by atoms with van der Waals surface area (Å²) in [6, 6.07) is 17.9. The molecule has 3 nitrogen and oxygen atoms in total. The van der Waals surface area contributed by atoms with Crippen molar-refractivity contribution in [3.8, 4) is 0 Å². The molecule has 118 valence electrons. The Kier molecular flexibility index (Phi) is 4.98. The first-order valence-corrected chi connectivity index (χ1v) is 9.27. The van der Waals surface area contributed by atoms with Crippen LogP contribution in [0.25, 0.3) is 10.2 Å². The van der Waals surface area contributed by atoms with Crippen LogP contribution in [-0.4, -0.2) is 22.7 Å². The third kappa shape index (κ3) is 3.57. The number of amides is 1. The van der Waals surface area contributed by atoms with Crippen LogP contribution in [0.5, 0.6) is 0 Å². The number of benzene rings is 2. The highest BCUT2D eigenvalue weighted by Gasteiger charge is 2.22. The summed E-state index contributed by atoms with van der Waals surface area (Å²) >= 11 is 3.17. The van der Waals surface area contributed by atoms with Gasteiger partial charge in [-0.05, 0) is 38.1 Å². The predicted molar refractivity (Wildman–Crippen MR) is 99.4 cm³/mol. The molecule has 0 aliphatic heterocycles. The lowest BCUT2D eigenvalue weighted by molar-refractivity contribution is -0.117. The standard InChI is InChI=1S/C18H18N2OS2/c1-3-20(14-9-5-4-6-10-14)17(21)13(2)22-18-19-15-11-7-8-12-16(15)23-18/h4-13H,3H2,1-2H3. The van der Waals surface area contributed by atoms with Crippen LogP contribution in [0.15, 0.2) is 58.9 Å². The van der Waals surface area contributed by atoms with Gasteiger partial charge in [-0.2, -0.15) is 0 Å². The quantitative estimate of drug-likeness (QED) is 0.623. The van der Waals surface area contributed by atoms with Gasteiger partial charge < -0.3 is 4.90 Å². The Morgan fingerprint density at radius 3 is 2.57 bits per heavy atom. The SMILES string of the molecule is CCN(C(=O)C(C)Sc1nc2ccccc2s1)c1ccccc1. The molecular formula is C18H18N2OS2. The second kappa shape index (κ2) is 7.15. The first kappa shape index (κ1) is 16.0. The summed E-state index contributed by atoms with van der Waals surface area (Å²) in [6.07, 6.45) is 0. The number of carbonyl (C=O) groups is 1. The number of anilines is 1. The first-order valence-electron chi connectivity index (χ1n) is 7.57. The number of aromatic nitrogens is 1. The van der Waals surface area contributed by atoms with Gasteiger partial charge in [-0.1, -0.05) is 42.1 Å². The Labute approximate surface area is 144 Å². The number of thiazole rings is 1.